The third kappa shape index (κ3) is 2.87. The summed E-state index contributed by atoms with van der Waals surface area (Å²) in [5, 5.41) is 6.09. The number of halogens is 1. The van der Waals surface area contributed by atoms with Gasteiger partial charge in [0.25, 0.3) is 0 Å². The van der Waals surface area contributed by atoms with Gasteiger partial charge in [-0.25, -0.2) is 0 Å². The van der Waals surface area contributed by atoms with Crippen LogP contribution in [0.25, 0.3) is 0 Å². The summed E-state index contributed by atoms with van der Waals surface area (Å²) in [6.07, 6.45) is 1.52. The minimum absolute atomic E-state index is 0.116. The van der Waals surface area contributed by atoms with Crippen molar-refractivity contribution in [2.45, 2.75) is 13.0 Å². The van der Waals surface area contributed by atoms with Crippen molar-refractivity contribution in [2.75, 3.05) is 5.88 Å². The van der Waals surface area contributed by atoms with E-state index in [1.807, 2.05) is 0 Å². The van der Waals surface area contributed by atoms with Gasteiger partial charge in [-0.05, 0) is 0 Å². The van der Waals surface area contributed by atoms with E-state index >= 15 is 0 Å². The van der Waals surface area contributed by atoms with Crippen LogP contribution >= 0.6 is 11.6 Å². The molecular weight excluding hydrogens is 182 g/mol. The van der Waals surface area contributed by atoms with Crippen molar-refractivity contribution in [1.82, 2.24) is 15.5 Å². The first-order chi connectivity index (χ1) is 5.83. The second-order valence-corrected chi connectivity index (χ2v) is 2.44. The van der Waals surface area contributed by atoms with E-state index < -0.39 is 0 Å². The fourth-order valence-electron chi connectivity index (χ4n) is 0.622. The summed E-state index contributed by atoms with van der Waals surface area (Å²) in [7, 11) is 0. The molecular formula is C6H8ClN3O2. The monoisotopic (exact) mass is 189 g/mol. The number of carbonyl (C=O) groups is 1. The zero-order valence-corrected chi connectivity index (χ0v) is 7.04. The van der Waals surface area contributed by atoms with Crippen molar-refractivity contribution in [3.63, 3.8) is 0 Å². The number of alkyl halides is 1. The Morgan fingerprint density at radius 1 is 1.75 bits per heavy atom. The molecule has 1 aromatic heterocycles. The molecule has 6 heteroatoms. The average Bonchev–Trinajstić information content (AvgIpc) is 2.53. The van der Waals surface area contributed by atoms with Crippen molar-refractivity contribution in [2.24, 2.45) is 0 Å². The quantitative estimate of drug-likeness (QED) is 0.693. The Kier molecular flexibility index (Phi) is 3.53. The minimum Gasteiger partial charge on any atom is -0.349 e. The summed E-state index contributed by atoms with van der Waals surface area (Å²) in [5.74, 6) is 0.658. The molecule has 0 aliphatic carbocycles. The van der Waals surface area contributed by atoms with E-state index in [1.165, 1.54) is 6.39 Å². The number of amides is 1. The first-order valence-corrected chi connectivity index (χ1v) is 3.94. The molecule has 1 rings (SSSR count). The Balaban J connectivity index is 2.22. The maximum Gasteiger partial charge on any atom is 0.221 e. The molecule has 12 heavy (non-hydrogen) atoms. The molecule has 1 N–H and O–H groups in total. The summed E-state index contributed by atoms with van der Waals surface area (Å²) < 4.78 is 4.47. The van der Waals surface area contributed by atoms with Crippen LogP contribution in [0.1, 0.15) is 12.2 Å². The van der Waals surface area contributed by atoms with E-state index in [1.54, 1.807) is 0 Å². The summed E-state index contributed by atoms with van der Waals surface area (Å²) in [6.45, 7) is 0.284. The normalized spacial score (nSPS) is 9.75. The maximum atomic E-state index is 10.9. The highest BCUT2D eigenvalue weighted by Gasteiger charge is 2.01. The van der Waals surface area contributed by atoms with Gasteiger partial charge in [-0.2, -0.15) is 4.98 Å². The third-order valence-corrected chi connectivity index (χ3v) is 1.36. The van der Waals surface area contributed by atoms with Crippen molar-refractivity contribution >= 4 is 17.5 Å². The van der Waals surface area contributed by atoms with Crippen molar-refractivity contribution in [3.05, 3.63) is 12.2 Å². The molecule has 0 unspecified atom stereocenters. The molecule has 66 valence electrons. The number of nitrogens with zero attached hydrogens (tertiary/aromatic N) is 2. The van der Waals surface area contributed by atoms with Crippen LogP contribution in [0.4, 0.5) is 0 Å². The van der Waals surface area contributed by atoms with Gasteiger partial charge in [-0.3, -0.25) is 4.79 Å². The first-order valence-electron chi connectivity index (χ1n) is 3.41. The highest BCUT2D eigenvalue weighted by atomic mass is 35.5. The molecule has 0 atom stereocenters. The number of rotatable bonds is 4. The van der Waals surface area contributed by atoms with Crippen molar-refractivity contribution in [3.8, 4) is 0 Å². The van der Waals surface area contributed by atoms with E-state index in [0.29, 0.717) is 18.1 Å². The van der Waals surface area contributed by atoms with Crippen LogP contribution in [-0.2, 0) is 11.3 Å². The fraction of sp³-hybridized carbons (Fsp3) is 0.500. The summed E-state index contributed by atoms with van der Waals surface area (Å²) in [4.78, 5) is 14.6. The second-order valence-electron chi connectivity index (χ2n) is 2.06. The lowest BCUT2D eigenvalue weighted by atomic mass is 10.4. The highest BCUT2D eigenvalue weighted by Crippen LogP contribution is 1.89. The molecule has 5 nitrogen and oxygen atoms in total. The SMILES string of the molecule is O=C(CCCl)NCc1ncon1. The Labute approximate surface area is 74.1 Å². The summed E-state index contributed by atoms with van der Waals surface area (Å²) in [6, 6.07) is 0. The third-order valence-electron chi connectivity index (χ3n) is 1.17. The van der Waals surface area contributed by atoms with Gasteiger partial charge in [0.2, 0.25) is 12.3 Å². The second kappa shape index (κ2) is 4.71. The first kappa shape index (κ1) is 8.99. The number of hydrogen-bond acceptors (Lipinski definition) is 4. The van der Waals surface area contributed by atoms with Gasteiger partial charge < -0.3 is 9.84 Å². The number of nitrogens with one attached hydrogen (secondary N) is 1. The van der Waals surface area contributed by atoms with Gasteiger partial charge >= 0.3 is 0 Å². The molecule has 0 fully saturated rings. The predicted molar refractivity (Wildman–Crippen MR) is 41.5 cm³/mol. The summed E-state index contributed by atoms with van der Waals surface area (Å²) >= 11 is 5.35. The van der Waals surface area contributed by atoms with Crippen LogP contribution in [0.2, 0.25) is 0 Å². The summed E-state index contributed by atoms with van der Waals surface area (Å²) in [5.41, 5.74) is 0. The Morgan fingerprint density at radius 3 is 3.17 bits per heavy atom. The van der Waals surface area contributed by atoms with Crippen LogP contribution in [0.5, 0.6) is 0 Å². The zero-order valence-electron chi connectivity index (χ0n) is 6.29. The number of carbonyl (C=O) groups excluding carboxylic acids is 1. The van der Waals surface area contributed by atoms with Gasteiger partial charge in [0.1, 0.15) is 0 Å². The van der Waals surface area contributed by atoms with Crippen LogP contribution in [-0.4, -0.2) is 21.9 Å². The smallest absolute Gasteiger partial charge is 0.221 e. The van der Waals surface area contributed by atoms with Crippen LogP contribution in [0.3, 0.4) is 0 Å². The van der Waals surface area contributed by atoms with E-state index in [2.05, 4.69) is 20.0 Å². The van der Waals surface area contributed by atoms with Gasteiger partial charge in [-0.1, -0.05) is 5.16 Å². The molecule has 0 spiro atoms. The number of hydrogen-bond donors (Lipinski definition) is 1. The molecule has 0 aliphatic heterocycles. The van der Waals surface area contributed by atoms with E-state index in [-0.39, 0.29) is 12.5 Å². The van der Waals surface area contributed by atoms with Crippen molar-refractivity contribution in [1.29, 1.82) is 0 Å². The fourth-order valence-corrected chi connectivity index (χ4v) is 0.794. The molecule has 0 aromatic carbocycles. The lowest BCUT2D eigenvalue weighted by Crippen LogP contribution is -2.23. The average molecular weight is 190 g/mol. The van der Waals surface area contributed by atoms with Crippen LogP contribution < -0.4 is 5.32 Å². The topological polar surface area (TPSA) is 68.0 Å². The number of aromatic nitrogens is 2. The molecule has 1 heterocycles. The molecule has 1 amide bonds. The van der Waals surface area contributed by atoms with Crippen LogP contribution in [0.15, 0.2) is 10.9 Å². The molecule has 0 saturated carbocycles. The predicted octanol–water partition coefficient (Wildman–Crippen LogP) is 0.315. The standard InChI is InChI=1S/C6H8ClN3O2/c7-2-1-6(11)8-3-5-9-4-12-10-5/h4H,1-3H2,(H,8,11). The van der Waals surface area contributed by atoms with Gasteiger partial charge in [0.05, 0.1) is 6.54 Å². The Morgan fingerprint density at radius 2 is 2.58 bits per heavy atom. The Hall–Kier alpha value is -1.10. The lowest BCUT2D eigenvalue weighted by molar-refractivity contribution is -0.120. The molecule has 0 saturated heterocycles. The van der Waals surface area contributed by atoms with Gasteiger partial charge in [0, 0.05) is 12.3 Å². The molecule has 0 aliphatic rings. The van der Waals surface area contributed by atoms with Gasteiger partial charge in [0.15, 0.2) is 5.82 Å². The minimum atomic E-state index is -0.116. The van der Waals surface area contributed by atoms with Crippen molar-refractivity contribution < 1.29 is 9.32 Å². The zero-order chi connectivity index (χ0) is 8.81. The lowest BCUT2D eigenvalue weighted by Gasteiger charge is -1.98. The molecule has 0 radical (unpaired) electrons. The van der Waals surface area contributed by atoms with Gasteiger partial charge in [-0.15, -0.1) is 11.6 Å². The highest BCUT2D eigenvalue weighted by molar-refractivity contribution is 6.18. The van der Waals surface area contributed by atoms with Crippen LogP contribution in [0, 0.1) is 0 Å². The molecule has 1 aromatic rings. The van der Waals surface area contributed by atoms with E-state index in [0.717, 1.165) is 0 Å². The van der Waals surface area contributed by atoms with E-state index in [9.17, 15) is 4.79 Å². The maximum absolute atomic E-state index is 10.9. The van der Waals surface area contributed by atoms with E-state index in [4.69, 9.17) is 11.6 Å². The molecule has 0 bridgehead atoms. The largest absolute Gasteiger partial charge is 0.349 e. The Bertz CT molecular complexity index is 237.